The lowest BCUT2D eigenvalue weighted by Crippen LogP contribution is -2.56. The molecule has 0 aliphatic carbocycles. The third kappa shape index (κ3) is 4.18. The maximum atomic E-state index is 13.0. The lowest BCUT2D eigenvalue weighted by molar-refractivity contribution is -0.140. The zero-order valence-electron chi connectivity index (χ0n) is 13.7. The molecule has 0 spiro atoms. The number of nitrogens with one attached hydrogen (secondary N) is 1. The molecule has 2 saturated heterocycles. The van der Waals surface area contributed by atoms with Crippen molar-refractivity contribution in [3.8, 4) is 0 Å². The molecule has 0 aromatic carbocycles. The van der Waals surface area contributed by atoms with Gasteiger partial charge in [0.05, 0.1) is 6.04 Å². The zero-order chi connectivity index (χ0) is 15.2. The Bertz CT molecular complexity index is 318. The van der Waals surface area contributed by atoms with Crippen molar-refractivity contribution in [1.82, 2.24) is 15.1 Å². The summed E-state index contributed by atoms with van der Waals surface area (Å²) in [5.41, 5.74) is 6.03. The number of nitrogens with two attached hydrogens (primary N) is 1. The third-order valence-corrected chi connectivity index (χ3v) is 5.13. The fourth-order valence-electron chi connectivity index (χ4n) is 3.74. The molecule has 2 heterocycles. The number of nitrogens with zero attached hydrogens (tertiary/aromatic N) is 2. The quantitative estimate of drug-likeness (QED) is 0.782. The van der Waals surface area contributed by atoms with Crippen molar-refractivity contribution in [2.75, 3.05) is 39.3 Å². The molecule has 2 rings (SSSR count). The monoisotopic (exact) mass is 296 g/mol. The smallest absolute Gasteiger partial charge is 0.240 e. The predicted molar refractivity (Wildman–Crippen MR) is 86.1 cm³/mol. The number of carbonyl (C=O) groups excluding carboxylic acids is 1. The van der Waals surface area contributed by atoms with E-state index in [1.54, 1.807) is 0 Å². The van der Waals surface area contributed by atoms with Gasteiger partial charge in [0.2, 0.25) is 5.91 Å². The van der Waals surface area contributed by atoms with E-state index in [9.17, 15) is 4.79 Å². The number of hydrogen-bond acceptors (Lipinski definition) is 4. The SMILES string of the molecule is CCN(CC)C(=O)C(C1CCNCC1)N1CCC(N)CC1. The molecule has 0 saturated carbocycles. The molecule has 0 aromatic heterocycles. The van der Waals surface area contributed by atoms with Gasteiger partial charge in [-0.3, -0.25) is 9.69 Å². The first-order valence-electron chi connectivity index (χ1n) is 8.66. The van der Waals surface area contributed by atoms with Crippen LogP contribution in [0.1, 0.15) is 39.5 Å². The van der Waals surface area contributed by atoms with Crippen LogP contribution in [0.4, 0.5) is 0 Å². The van der Waals surface area contributed by atoms with Crippen LogP contribution in [0.25, 0.3) is 0 Å². The highest BCUT2D eigenvalue weighted by atomic mass is 16.2. The van der Waals surface area contributed by atoms with E-state index < -0.39 is 0 Å². The second-order valence-electron chi connectivity index (χ2n) is 6.42. The summed E-state index contributed by atoms with van der Waals surface area (Å²) in [4.78, 5) is 17.4. The minimum atomic E-state index is 0.0690. The molecule has 122 valence electrons. The van der Waals surface area contributed by atoms with Crippen LogP contribution >= 0.6 is 0 Å². The second-order valence-corrected chi connectivity index (χ2v) is 6.42. The molecule has 5 nitrogen and oxygen atoms in total. The van der Waals surface area contributed by atoms with Gasteiger partial charge in [-0.1, -0.05) is 0 Å². The molecule has 2 fully saturated rings. The first kappa shape index (κ1) is 16.7. The highest BCUT2D eigenvalue weighted by Crippen LogP contribution is 2.25. The Balaban J connectivity index is 2.10. The van der Waals surface area contributed by atoms with Gasteiger partial charge >= 0.3 is 0 Å². The van der Waals surface area contributed by atoms with Gasteiger partial charge < -0.3 is 16.0 Å². The van der Waals surface area contributed by atoms with Crippen molar-refractivity contribution >= 4 is 5.91 Å². The lowest BCUT2D eigenvalue weighted by atomic mass is 9.87. The Kier molecular flexibility index (Phi) is 6.45. The Labute approximate surface area is 129 Å². The number of amides is 1. The van der Waals surface area contributed by atoms with Gasteiger partial charge in [-0.25, -0.2) is 0 Å². The van der Waals surface area contributed by atoms with E-state index >= 15 is 0 Å². The van der Waals surface area contributed by atoms with Crippen LogP contribution < -0.4 is 11.1 Å². The molecule has 2 aliphatic heterocycles. The standard InChI is InChI=1S/C16H32N4O/c1-3-19(4-2)16(21)15(13-5-9-18-10-6-13)20-11-7-14(17)8-12-20/h13-15,18H,3-12,17H2,1-2H3. The van der Waals surface area contributed by atoms with Crippen molar-refractivity contribution in [3.63, 3.8) is 0 Å². The highest BCUT2D eigenvalue weighted by Gasteiger charge is 2.37. The van der Waals surface area contributed by atoms with Crippen LogP contribution in [0.5, 0.6) is 0 Å². The number of hydrogen-bond donors (Lipinski definition) is 2. The molecular weight excluding hydrogens is 264 g/mol. The lowest BCUT2D eigenvalue weighted by Gasteiger charge is -2.42. The molecule has 1 atom stereocenters. The van der Waals surface area contributed by atoms with Crippen LogP contribution in [0.15, 0.2) is 0 Å². The van der Waals surface area contributed by atoms with E-state index in [0.29, 0.717) is 17.9 Å². The predicted octanol–water partition coefficient (Wildman–Crippen LogP) is 0.646. The molecule has 0 bridgehead atoms. The van der Waals surface area contributed by atoms with Crippen molar-refractivity contribution in [3.05, 3.63) is 0 Å². The summed E-state index contributed by atoms with van der Waals surface area (Å²) in [6.45, 7) is 9.81. The Hall–Kier alpha value is -0.650. The van der Waals surface area contributed by atoms with E-state index in [0.717, 1.165) is 65.0 Å². The molecule has 0 radical (unpaired) electrons. The van der Waals surface area contributed by atoms with Crippen molar-refractivity contribution < 1.29 is 4.79 Å². The summed E-state index contributed by atoms with van der Waals surface area (Å²) in [5.74, 6) is 0.830. The first-order chi connectivity index (χ1) is 10.2. The van der Waals surface area contributed by atoms with Crippen LogP contribution in [0.2, 0.25) is 0 Å². The molecule has 1 unspecified atom stereocenters. The van der Waals surface area contributed by atoms with Crippen LogP contribution in [-0.2, 0) is 4.79 Å². The number of likely N-dealkylation sites (N-methyl/N-ethyl adjacent to an activating group) is 1. The van der Waals surface area contributed by atoms with Crippen molar-refractivity contribution in [2.24, 2.45) is 11.7 Å². The molecule has 5 heteroatoms. The molecule has 0 aromatic rings. The van der Waals surface area contributed by atoms with Gasteiger partial charge in [-0.2, -0.15) is 0 Å². The number of rotatable bonds is 5. The number of likely N-dealkylation sites (tertiary alicyclic amines) is 1. The fourth-order valence-corrected chi connectivity index (χ4v) is 3.74. The summed E-state index contributed by atoms with van der Waals surface area (Å²) in [7, 11) is 0. The van der Waals surface area contributed by atoms with E-state index in [2.05, 4.69) is 24.1 Å². The van der Waals surface area contributed by atoms with Gasteiger partial charge in [0.25, 0.3) is 0 Å². The third-order valence-electron chi connectivity index (χ3n) is 5.13. The van der Waals surface area contributed by atoms with Crippen LogP contribution in [0.3, 0.4) is 0 Å². The van der Waals surface area contributed by atoms with Crippen LogP contribution in [0, 0.1) is 5.92 Å². The van der Waals surface area contributed by atoms with Crippen molar-refractivity contribution in [2.45, 2.75) is 51.6 Å². The molecule has 21 heavy (non-hydrogen) atoms. The summed E-state index contributed by atoms with van der Waals surface area (Å²) < 4.78 is 0. The maximum Gasteiger partial charge on any atom is 0.240 e. The minimum Gasteiger partial charge on any atom is -0.342 e. The summed E-state index contributed by atoms with van der Waals surface area (Å²) in [6, 6.07) is 0.387. The van der Waals surface area contributed by atoms with Gasteiger partial charge in [0, 0.05) is 32.2 Å². The summed E-state index contributed by atoms with van der Waals surface area (Å²) in [6.07, 6.45) is 4.26. The topological polar surface area (TPSA) is 61.6 Å². The van der Waals surface area contributed by atoms with Crippen molar-refractivity contribution in [1.29, 1.82) is 0 Å². The molecule has 1 amide bonds. The van der Waals surface area contributed by atoms with Gasteiger partial charge in [0.1, 0.15) is 0 Å². The summed E-state index contributed by atoms with van der Waals surface area (Å²) in [5, 5.41) is 3.41. The van der Waals surface area contributed by atoms with E-state index in [1.807, 2.05) is 4.90 Å². The average molecular weight is 296 g/mol. The highest BCUT2D eigenvalue weighted by molar-refractivity contribution is 5.82. The Morgan fingerprint density at radius 1 is 1.19 bits per heavy atom. The van der Waals surface area contributed by atoms with E-state index in [4.69, 9.17) is 5.73 Å². The van der Waals surface area contributed by atoms with E-state index in [-0.39, 0.29) is 6.04 Å². The Morgan fingerprint density at radius 3 is 2.29 bits per heavy atom. The number of piperidine rings is 2. The minimum absolute atomic E-state index is 0.0690. The van der Waals surface area contributed by atoms with Crippen LogP contribution in [-0.4, -0.2) is 67.1 Å². The average Bonchev–Trinajstić information content (AvgIpc) is 2.52. The first-order valence-corrected chi connectivity index (χ1v) is 8.66. The Morgan fingerprint density at radius 2 is 1.76 bits per heavy atom. The molecule has 3 N–H and O–H groups in total. The maximum absolute atomic E-state index is 13.0. The molecular formula is C16H32N4O. The van der Waals surface area contributed by atoms with Gasteiger partial charge in [0.15, 0.2) is 0 Å². The fraction of sp³-hybridized carbons (Fsp3) is 0.938. The van der Waals surface area contributed by atoms with Gasteiger partial charge in [-0.05, 0) is 58.5 Å². The number of carbonyl (C=O) groups is 1. The summed E-state index contributed by atoms with van der Waals surface area (Å²) >= 11 is 0. The normalized spacial score (nSPS) is 24.0. The molecule has 2 aliphatic rings. The second kappa shape index (κ2) is 8.11. The van der Waals surface area contributed by atoms with Gasteiger partial charge in [-0.15, -0.1) is 0 Å². The van der Waals surface area contributed by atoms with E-state index in [1.165, 1.54) is 0 Å². The zero-order valence-corrected chi connectivity index (χ0v) is 13.7. The largest absolute Gasteiger partial charge is 0.342 e.